The number of ether oxygens (including phenoxy) is 2. The van der Waals surface area contributed by atoms with Crippen LogP contribution in [-0.2, 0) is 32.5 Å². The van der Waals surface area contributed by atoms with Gasteiger partial charge in [0.25, 0.3) is 10.1 Å². The van der Waals surface area contributed by atoms with E-state index in [1.54, 1.807) is 0 Å². The first-order chi connectivity index (χ1) is 10.9. The van der Waals surface area contributed by atoms with Gasteiger partial charge in [-0.05, 0) is 42.5 Å². The Morgan fingerprint density at radius 2 is 2.17 bits per heavy atom. The molecule has 1 aromatic carbocycles. The van der Waals surface area contributed by atoms with Gasteiger partial charge in [0.2, 0.25) is 5.91 Å². The standard InChI is InChI=1S/C15H19NO6S/c17-15(9-23(18,19)20)16-12-3-1-11-6-13(4-2-10(11)5-12)21-7-14-8-22-14/h2,4,6,12,14H,1,3,5,7-9H2,(H,16,17)(H,18,19,20). The molecule has 0 spiro atoms. The molecule has 2 atom stereocenters. The molecule has 0 radical (unpaired) electrons. The molecule has 1 saturated heterocycles. The van der Waals surface area contributed by atoms with Crippen molar-refractivity contribution in [2.45, 2.75) is 31.4 Å². The third kappa shape index (κ3) is 4.92. The van der Waals surface area contributed by atoms with Crippen LogP contribution in [0.1, 0.15) is 17.5 Å². The van der Waals surface area contributed by atoms with E-state index in [0.717, 1.165) is 30.8 Å². The van der Waals surface area contributed by atoms with Crippen LogP contribution >= 0.6 is 0 Å². The minimum Gasteiger partial charge on any atom is -0.491 e. The summed E-state index contributed by atoms with van der Waals surface area (Å²) in [5, 5.41) is 2.65. The van der Waals surface area contributed by atoms with Crippen LogP contribution in [-0.4, -0.2) is 50.0 Å². The average Bonchev–Trinajstić information content (AvgIpc) is 3.27. The molecule has 1 aromatic rings. The van der Waals surface area contributed by atoms with Gasteiger partial charge in [-0.3, -0.25) is 9.35 Å². The highest BCUT2D eigenvalue weighted by Gasteiger charge is 2.24. The SMILES string of the molecule is O=C(CS(=O)(=O)O)NC1CCc2cc(OCC3CO3)ccc2C1. The summed E-state index contributed by atoms with van der Waals surface area (Å²) in [7, 11) is -4.29. The third-order valence-corrected chi connectivity index (χ3v) is 4.55. The van der Waals surface area contributed by atoms with E-state index < -0.39 is 21.8 Å². The average molecular weight is 341 g/mol. The number of aryl methyl sites for hydroxylation is 1. The lowest BCUT2D eigenvalue weighted by molar-refractivity contribution is -0.119. The fourth-order valence-corrected chi connectivity index (χ4v) is 3.15. The van der Waals surface area contributed by atoms with E-state index in [-0.39, 0.29) is 12.1 Å². The van der Waals surface area contributed by atoms with Crippen LogP contribution in [0.5, 0.6) is 5.75 Å². The number of rotatable bonds is 6. The highest BCUT2D eigenvalue weighted by Crippen LogP contribution is 2.26. The molecule has 1 aliphatic heterocycles. The Bertz CT molecular complexity index is 698. The highest BCUT2D eigenvalue weighted by molar-refractivity contribution is 7.86. The van der Waals surface area contributed by atoms with Gasteiger partial charge < -0.3 is 14.8 Å². The molecule has 0 aromatic heterocycles. The van der Waals surface area contributed by atoms with Gasteiger partial charge in [0.05, 0.1) is 6.61 Å². The number of fused-ring (bicyclic) bond motifs is 1. The van der Waals surface area contributed by atoms with Gasteiger partial charge in [-0.2, -0.15) is 8.42 Å². The van der Waals surface area contributed by atoms with Gasteiger partial charge >= 0.3 is 0 Å². The fourth-order valence-electron chi connectivity index (χ4n) is 2.73. The zero-order valence-electron chi connectivity index (χ0n) is 12.5. The first-order valence-corrected chi connectivity index (χ1v) is 9.11. The zero-order chi connectivity index (χ0) is 16.4. The maximum atomic E-state index is 11.6. The quantitative estimate of drug-likeness (QED) is 0.570. The monoisotopic (exact) mass is 341 g/mol. The van der Waals surface area contributed by atoms with Gasteiger partial charge in [0.15, 0.2) is 5.75 Å². The van der Waals surface area contributed by atoms with Crippen LogP contribution in [0.3, 0.4) is 0 Å². The number of carbonyl (C=O) groups is 1. The molecule has 7 nitrogen and oxygen atoms in total. The second-order valence-corrected chi connectivity index (χ2v) is 7.38. The second-order valence-electron chi connectivity index (χ2n) is 5.93. The molecule has 2 aliphatic rings. The number of benzene rings is 1. The molecule has 2 N–H and O–H groups in total. The molecule has 126 valence electrons. The first kappa shape index (κ1) is 16.2. The minimum atomic E-state index is -4.29. The van der Waals surface area contributed by atoms with Crippen molar-refractivity contribution in [3.8, 4) is 5.75 Å². The van der Waals surface area contributed by atoms with Crippen LogP contribution < -0.4 is 10.1 Å². The Morgan fingerprint density at radius 3 is 2.87 bits per heavy atom. The molecule has 1 amide bonds. The summed E-state index contributed by atoms with van der Waals surface area (Å²) in [6.07, 6.45) is 2.36. The summed E-state index contributed by atoms with van der Waals surface area (Å²) in [5.74, 6) is -0.759. The van der Waals surface area contributed by atoms with Crippen molar-refractivity contribution < 1.29 is 27.2 Å². The summed E-state index contributed by atoms with van der Waals surface area (Å²) in [6.45, 7) is 1.32. The molecular formula is C15H19NO6S. The molecule has 1 fully saturated rings. The topological polar surface area (TPSA) is 105 Å². The van der Waals surface area contributed by atoms with Gasteiger partial charge in [-0.25, -0.2) is 0 Å². The highest BCUT2D eigenvalue weighted by atomic mass is 32.2. The normalized spacial score (nSPS) is 23.0. The number of epoxide rings is 1. The number of carbonyl (C=O) groups excluding carboxylic acids is 1. The first-order valence-electron chi connectivity index (χ1n) is 7.50. The molecule has 0 saturated carbocycles. The number of nitrogens with one attached hydrogen (secondary N) is 1. The lowest BCUT2D eigenvalue weighted by atomic mass is 9.88. The van der Waals surface area contributed by atoms with E-state index in [1.165, 1.54) is 5.56 Å². The van der Waals surface area contributed by atoms with Gasteiger partial charge in [-0.1, -0.05) is 6.07 Å². The van der Waals surface area contributed by atoms with Crippen molar-refractivity contribution in [3.63, 3.8) is 0 Å². The minimum absolute atomic E-state index is 0.122. The summed E-state index contributed by atoms with van der Waals surface area (Å²) < 4.78 is 40.9. The number of hydrogen-bond donors (Lipinski definition) is 2. The van der Waals surface area contributed by atoms with E-state index in [0.29, 0.717) is 13.0 Å². The van der Waals surface area contributed by atoms with E-state index in [4.69, 9.17) is 14.0 Å². The Morgan fingerprint density at radius 1 is 1.39 bits per heavy atom. The maximum absolute atomic E-state index is 11.6. The fraction of sp³-hybridized carbons (Fsp3) is 0.533. The summed E-state index contributed by atoms with van der Waals surface area (Å²) in [4.78, 5) is 11.6. The zero-order valence-corrected chi connectivity index (χ0v) is 13.3. The van der Waals surface area contributed by atoms with Gasteiger partial charge in [0.1, 0.15) is 18.5 Å². The van der Waals surface area contributed by atoms with E-state index in [1.807, 2.05) is 18.2 Å². The van der Waals surface area contributed by atoms with Crippen molar-refractivity contribution in [2.24, 2.45) is 0 Å². The van der Waals surface area contributed by atoms with Crippen molar-refractivity contribution in [1.29, 1.82) is 0 Å². The molecule has 0 bridgehead atoms. The molecule has 2 unspecified atom stereocenters. The molecule has 3 rings (SSSR count). The van der Waals surface area contributed by atoms with Crippen molar-refractivity contribution >= 4 is 16.0 Å². The Labute approximate surface area is 134 Å². The third-order valence-electron chi connectivity index (χ3n) is 3.92. The van der Waals surface area contributed by atoms with Crippen molar-refractivity contribution in [1.82, 2.24) is 5.32 Å². The maximum Gasteiger partial charge on any atom is 0.274 e. The lowest BCUT2D eigenvalue weighted by Crippen LogP contribution is -2.41. The molecule has 8 heteroatoms. The largest absolute Gasteiger partial charge is 0.491 e. The Hall–Kier alpha value is -1.64. The molecule has 23 heavy (non-hydrogen) atoms. The summed E-state index contributed by atoms with van der Waals surface area (Å²) in [6, 6.07) is 5.75. The Kier molecular flexibility index (Phi) is 4.56. The van der Waals surface area contributed by atoms with E-state index in [2.05, 4.69) is 5.32 Å². The van der Waals surface area contributed by atoms with Crippen molar-refractivity contribution in [3.05, 3.63) is 29.3 Å². The second kappa shape index (κ2) is 6.46. The molecular weight excluding hydrogens is 322 g/mol. The molecule has 1 heterocycles. The summed E-state index contributed by atoms with van der Waals surface area (Å²) >= 11 is 0. The van der Waals surface area contributed by atoms with E-state index >= 15 is 0 Å². The predicted octanol–water partition coefficient (Wildman–Crippen LogP) is 0.326. The van der Waals surface area contributed by atoms with Crippen LogP contribution in [0.25, 0.3) is 0 Å². The van der Waals surface area contributed by atoms with Crippen LogP contribution in [0.2, 0.25) is 0 Å². The number of amides is 1. The summed E-state index contributed by atoms with van der Waals surface area (Å²) in [5.41, 5.74) is 2.29. The lowest BCUT2D eigenvalue weighted by Gasteiger charge is -2.25. The van der Waals surface area contributed by atoms with Crippen molar-refractivity contribution in [2.75, 3.05) is 19.0 Å². The van der Waals surface area contributed by atoms with Crippen LogP contribution in [0, 0.1) is 0 Å². The van der Waals surface area contributed by atoms with E-state index in [9.17, 15) is 13.2 Å². The van der Waals surface area contributed by atoms with Gasteiger partial charge in [-0.15, -0.1) is 0 Å². The smallest absolute Gasteiger partial charge is 0.274 e. The molecule has 1 aliphatic carbocycles. The van der Waals surface area contributed by atoms with Crippen LogP contribution in [0.15, 0.2) is 18.2 Å². The Balaban J connectivity index is 1.56. The predicted molar refractivity (Wildman–Crippen MR) is 82.0 cm³/mol. The number of hydrogen-bond acceptors (Lipinski definition) is 5. The van der Waals surface area contributed by atoms with Gasteiger partial charge in [0, 0.05) is 6.04 Å². The van der Waals surface area contributed by atoms with Crippen LogP contribution in [0.4, 0.5) is 0 Å².